The average Bonchev–Trinajstić information content (AvgIpc) is 2.89. The second-order valence-electron chi connectivity index (χ2n) is 10.1. The topological polar surface area (TPSA) is 126 Å². The Morgan fingerprint density at radius 3 is 1.97 bits per heavy atom. The van der Waals surface area contributed by atoms with Crippen LogP contribution in [-0.2, 0) is 18.9 Å². The van der Waals surface area contributed by atoms with Crippen LogP contribution in [0.25, 0.3) is 10.4 Å². The summed E-state index contributed by atoms with van der Waals surface area (Å²) in [7, 11) is 1.60. The van der Waals surface area contributed by atoms with Crippen molar-refractivity contribution in [3.63, 3.8) is 0 Å². The molecular weight excluding hydrogens is 462 g/mol. The van der Waals surface area contributed by atoms with Gasteiger partial charge in [-0.2, -0.15) is 0 Å². The van der Waals surface area contributed by atoms with Crippen molar-refractivity contribution in [2.24, 2.45) is 11.0 Å². The summed E-state index contributed by atoms with van der Waals surface area (Å²) in [5.41, 5.74) is 8.87. The second kappa shape index (κ2) is 22.1. The highest BCUT2D eigenvalue weighted by molar-refractivity contribution is 4.91. The summed E-state index contributed by atoms with van der Waals surface area (Å²) in [4.78, 5) is 2.85. The molecule has 9 heteroatoms. The predicted octanol–water partition coefficient (Wildman–Crippen LogP) is 5.91. The number of azide groups is 1. The summed E-state index contributed by atoms with van der Waals surface area (Å²) >= 11 is 0. The molecule has 0 saturated carbocycles. The summed E-state index contributed by atoms with van der Waals surface area (Å²) in [6.45, 7) is 4.95. The summed E-state index contributed by atoms with van der Waals surface area (Å²) < 4.78 is 22.7. The molecule has 1 rings (SSSR count). The average molecular weight is 516 g/mol. The van der Waals surface area contributed by atoms with Gasteiger partial charge in [-0.3, -0.25) is 0 Å². The Balaban J connectivity index is 2.07. The van der Waals surface area contributed by atoms with Gasteiger partial charge in [0.15, 0.2) is 6.29 Å². The maximum absolute atomic E-state index is 10.2. The molecule has 0 aromatic heterocycles. The molecule has 1 heterocycles. The van der Waals surface area contributed by atoms with Crippen molar-refractivity contribution in [1.82, 2.24) is 0 Å². The molecule has 9 nitrogen and oxygen atoms in total. The first kappa shape index (κ1) is 33.1. The number of aliphatic hydroxyl groups is 2. The van der Waals surface area contributed by atoms with E-state index in [0.717, 1.165) is 6.42 Å². The van der Waals surface area contributed by atoms with E-state index < -0.39 is 30.5 Å². The van der Waals surface area contributed by atoms with E-state index >= 15 is 0 Å². The van der Waals surface area contributed by atoms with Crippen LogP contribution in [-0.4, -0.2) is 74.4 Å². The molecule has 0 radical (unpaired) electrons. The number of hydrogen-bond donors (Lipinski definition) is 2. The predicted molar refractivity (Wildman–Crippen MR) is 142 cm³/mol. The van der Waals surface area contributed by atoms with E-state index in [1.165, 1.54) is 83.5 Å². The summed E-state index contributed by atoms with van der Waals surface area (Å²) in [5.74, 6) is -0.408. The first-order valence-corrected chi connectivity index (χ1v) is 14.3. The van der Waals surface area contributed by atoms with E-state index in [0.29, 0.717) is 13.2 Å². The van der Waals surface area contributed by atoms with Crippen molar-refractivity contribution in [2.75, 3.05) is 33.5 Å². The van der Waals surface area contributed by atoms with Crippen molar-refractivity contribution in [3.05, 3.63) is 10.4 Å². The lowest BCUT2D eigenvalue weighted by Gasteiger charge is -2.41. The van der Waals surface area contributed by atoms with Gasteiger partial charge in [0, 0.05) is 18.6 Å². The zero-order chi connectivity index (χ0) is 26.4. The van der Waals surface area contributed by atoms with Gasteiger partial charge >= 0.3 is 0 Å². The number of aliphatic hydroxyl groups excluding tert-OH is 2. The number of nitrogens with zero attached hydrogens (tertiary/aromatic N) is 3. The van der Waals surface area contributed by atoms with Crippen molar-refractivity contribution < 1.29 is 29.2 Å². The van der Waals surface area contributed by atoms with Crippen LogP contribution in [0.5, 0.6) is 0 Å². The molecule has 0 aromatic rings. The van der Waals surface area contributed by atoms with E-state index in [9.17, 15) is 10.2 Å². The molecule has 1 aliphatic rings. The first-order chi connectivity index (χ1) is 17.6. The van der Waals surface area contributed by atoms with Crippen LogP contribution in [0.3, 0.4) is 0 Å². The highest BCUT2D eigenvalue weighted by atomic mass is 16.7. The highest BCUT2D eigenvalue weighted by Gasteiger charge is 2.43. The zero-order valence-corrected chi connectivity index (χ0v) is 23.1. The monoisotopic (exact) mass is 515 g/mol. The van der Waals surface area contributed by atoms with Gasteiger partial charge in [0.1, 0.15) is 12.2 Å². The van der Waals surface area contributed by atoms with Gasteiger partial charge in [0.25, 0.3) is 0 Å². The van der Waals surface area contributed by atoms with E-state index in [1.54, 1.807) is 14.0 Å². The van der Waals surface area contributed by atoms with E-state index in [2.05, 4.69) is 16.9 Å². The third kappa shape index (κ3) is 14.1. The van der Waals surface area contributed by atoms with Crippen LogP contribution < -0.4 is 0 Å². The molecule has 36 heavy (non-hydrogen) atoms. The lowest BCUT2D eigenvalue weighted by Crippen LogP contribution is -2.54. The maximum Gasteiger partial charge on any atom is 0.167 e. The van der Waals surface area contributed by atoms with Gasteiger partial charge < -0.3 is 29.2 Å². The Labute approximate surface area is 218 Å². The molecule has 212 valence electrons. The van der Waals surface area contributed by atoms with Crippen LogP contribution in [0.1, 0.15) is 104 Å². The molecule has 0 aromatic carbocycles. The molecule has 1 fully saturated rings. The summed E-state index contributed by atoms with van der Waals surface area (Å²) in [6.07, 6.45) is 15.7. The standard InChI is InChI=1S/C27H53N3O6/c1-4-5-6-7-8-9-10-11-12-13-14-15-16-17-18-34-20-23(33-3)21-35-27-25(29-30-28)22(2)26(32)24(19-31)36-27/h22-27,31-32H,4-21H2,1-3H3/t22-,23?,24?,25?,26-,27-/m1/s1. The van der Waals surface area contributed by atoms with Crippen molar-refractivity contribution in [1.29, 1.82) is 0 Å². The van der Waals surface area contributed by atoms with Crippen molar-refractivity contribution in [2.45, 2.75) is 134 Å². The number of methoxy groups -OCH3 is 1. The van der Waals surface area contributed by atoms with E-state index in [-0.39, 0.29) is 19.3 Å². The fraction of sp³-hybridized carbons (Fsp3) is 1.00. The number of ether oxygens (including phenoxy) is 4. The minimum Gasteiger partial charge on any atom is -0.394 e. The largest absolute Gasteiger partial charge is 0.394 e. The van der Waals surface area contributed by atoms with Crippen LogP contribution in [0.2, 0.25) is 0 Å². The summed E-state index contributed by atoms with van der Waals surface area (Å²) in [5, 5.41) is 23.4. The molecule has 3 unspecified atom stereocenters. The lowest BCUT2D eigenvalue weighted by molar-refractivity contribution is -0.259. The summed E-state index contributed by atoms with van der Waals surface area (Å²) in [6, 6.07) is -0.693. The Hall–Kier alpha value is -0.930. The maximum atomic E-state index is 10.2. The SMILES string of the molecule is CCCCCCCCCCCCCCCCOCC(CO[C@@H]1OC(CO)[C@H](O)[C@H](C)C1N=[N+]=[N-])OC. The molecular formula is C27H53N3O6. The van der Waals surface area contributed by atoms with Crippen molar-refractivity contribution in [3.8, 4) is 0 Å². The highest BCUT2D eigenvalue weighted by Crippen LogP contribution is 2.29. The van der Waals surface area contributed by atoms with E-state index in [4.69, 9.17) is 24.5 Å². The van der Waals surface area contributed by atoms with Gasteiger partial charge in [-0.1, -0.05) is 102 Å². The smallest absolute Gasteiger partial charge is 0.167 e. The Morgan fingerprint density at radius 1 is 0.917 bits per heavy atom. The first-order valence-electron chi connectivity index (χ1n) is 14.3. The minimum absolute atomic E-state index is 0.193. The van der Waals surface area contributed by atoms with Gasteiger partial charge in [0.05, 0.1) is 32.0 Å². The molecule has 0 aliphatic carbocycles. The fourth-order valence-electron chi connectivity index (χ4n) is 4.63. The van der Waals surface area contributed by atoms with Crippen LogP contribution in [0, 0.1) is 5.92 Å². The number of unbranched alkanes of at least 4 members (excludes halogenated alkanes) is 13. The Morgan fingerprint density at radius 2 is 1.47 bits per heavy atom. The quantitative estimate of drug-likeness (QED) is 0.0754. The van der Waals surface area contributed by atoms with Crippen LogP contribution in [0.4, 0.5) is 0 Å². The molecule has 1 saturated heterocycles. The molecule has 0 amide bonds. The molecule has 2 N–H and O–H groups in total. The van der Waals surface area contributed by atoms with Gasteiger partial charge in [-0.15, -0.1) is 0 Å². The van der Waals surface area contributed by atoms with E-state index in [1.807, 2.05) is 0 Å². The molecule has 0 bridgehead atoms. The lowest BCUT2D eigenvalue weighted by atomic mass is 9.89. The van der Waals surface area contributed by atoms with Crippen molar-refractivity contribution >= 4 is 0 Å². The minimum atomic E-state index is -0.933. The second-order valence-corrected chi connectivity index (χ2v) is 10.1. The third-order valence-electron chi connectivity index (χ3n) is 7.14. The molecule has 0 spiro atoms. The number of rotatable bonds is 23. The Kier molecular flexibility index (Phi) is 20.3. The van der Waals surface area contributed by atoms with Gasteiger partial charge in [0.2, 0.25) is 0 Å². The van der Waals surface area contributed by atoms with Gasteiger partial charge in [-0.05, 0) is 17.9 Å². The molecule has 1 aliphatic heterocycles. The van der Waals surface area contributed by atoms with Crippen LogP contribution >= 0.6 is 0 Å². The zero-order valence-electron chi connectivity index (χ0n) is 23.1. The third-order valence-corrected chi connectivity index (χ3v) is 7.14. The number of hydrogen-bond acceptors (Lipinski definition) is 7. The van der Waals surface area contributed by atoms with Gasteiger partial charge in [-0.25, -0.2) is 0 Å². The fourth-order valence-corrected chi connectivity index (χ4v) is 4.63. The Bertz CT molecular complexity index is 564. The normalized spacial score (nSPS) is 25.0. The van der Waals surface area contributed by atoms with Crippen LogP contribution in [0.15, 0.2) is 5.11 Å². The molecule has 6 atom stereocenters.